The standard InChI is InChI=1S/C20H28F3N3O3/c1-2-28-9-5-16(14-4-8-24-17(10-14)29-13-20(21,22)23)26-18(27)25-15-11-19(12-15)6-3-7-19/h4,8,10,15-16H,2-3,5-7,9,11-13H2,1H3,(H2,25,26,27). The number of hydrogen-bond donors (Lipinski definition) is 2. The van der Waals surface area contributed by atoms with Crippen molar-refractivity contribution in [2.75, 3.05) is 19.8 Å². The van der Waals surface area contributed by atoms with Crippen LogP contribution in [0.2, 0.25) is 0 Å². The van der Waals surface area contributed by atoms with Gasteiger partial charge in [0.25, 0.3) is 0 Å². The van der Waals surface area contributed by atoms with Crippen LogP contribution in [0.5, 0.6) is 5.88 Å². The lowest BCUT2D eigenvalue weighted by molar-refractivity contribution is -0.154. The predicted octanol–water partition coefficient (Wildman–Crippen LogP) is 4.12. The van der Waals surface area contributed by atoms with Crippen molar-refractivity contribution in [1.82, 2.24) is 15.6 Å². The van der Waals surface area contributed by atoms with Crippen molar-refractivity contribution < 1.29 is 27.4 Å². The zero-order valence-electron chi connectivity index (χ0n) is 16.6. The average molecular weight is 415 g/mol. The highest BCUT2D eigenvalue weighted by molar-refractivity contribution is 5.75. The van der Waals surface area contributed by atoms with Gasteiger partial charge < -0.3 is 20.1 Å². The summed E-state index contributed by atoms with van der Waals surface area (Å²) in [4.78, 5) is 16.3. The molecule has 6 nitrogen and oxygen atoms in total. The lowest BCUT2D eigenvalue weighted by atomic mass is 9.54. The molecule has 1 spiro atoms. The first-order chi connectivity index (χ1) is 13.8. The van der Waals surface area contributed by atoms with Crippen LogP contribution in [-0.2, 0) is 4.74 Å². The van der Waals surface area contributed by atoms with Crippen LogP contribution in [0.4, 0.5) is 18.0 Å². The zero-order chi connectivity index (χ0) is 20.9. The molecule has 1 aromatic rings. The van der Waals surface area contributed by atoms with Gasteiger partial charge >= 0.3 is 12.2 Å². The first-order valence-electron chi connectivity index (χ1n) is 10.1. The Balaban J connectivity index is 1.57. The molecule has 9 heteroatoms. The number of alkyl halides is 3. The lowest BCUT2D eigenvalue weighted by Gasteiger charge is -2.54. The number of carbonyl (C=O) groups excluding carboxylic acids is 1. The second-order valence-corrected chi connectivity index (χ2v) is 7.95. The molecule has 3 rings (SSSR count). The van der Waals surface area contributed by atoms with Crippen LogP contribution in [0.25, 0.3) is 0 Å². The highest BCUT2D eigenvalue weighted by atomic mass is 19.4. The minimum atomic E-state index is -4.44. The Morgan fingerprint density at radius 1 is 1.38 bits per heavy atom. The van der Waals surface area contributed by atoms with Gasteiger partial charge in [0.1, 0.15) is 0 Å². The molecule has 0 aliphatic heterocycles. The number of halogens is 3. The van der Waals surface area contributed by atoms with E-state index in [0.29, 0.717) is 30.6 Å². The summed E-state index contributed by atoms with van der Waals surface area (Å²) < 4.78 is 47.3. The molecule has 1 heterocycles. The van der Waals surface area contributed by atoms with Crippen molar-refractivity contribution in [1.29, 1.82) is 0 Å². The Hall–Kier alpha value is -2.03. The molecule has 2 saturated carbocycles. The molecular formula is C20H28F3N3O3. The monoisotopic (exact) mass is 415 g/mol. The molecule has 162 valence electrons. The van der Waals surface area contributed by atoms with Crippen LogP contribution in [0, 0.1) is 5.41 Å². The third-order valence-corrected chi connectivity index (χ3v) is 5.71. The van der Waals surface area contributed by atoms with Crippen LogP contribution in [0.15, 0.2) is 18.3 Å². The fraction of sp³-hybridized carbons (Fsp3) is 0.700. The van der Waals surface area contributed by atoms with Gasteiger partial charge in [-0.05, 0) is 56.1 Å². The Morgan fingerprint density at radius 2 is 2.14 bits per heavy atom. The van der Waals surface area contributed by atoms with E-state index in [1.807, 2.05) is 6.92 Å². The van der Waals surface area contributed by atoms with E-state index < -0.39 is 18.8 Å². The van der Waals surface area contributed by atoms with Crippen LogP contribution < -0.4 is 15.4 Å². The minimum absolute atomic E-state index is 0.130. The third kappa shape index (κ3) is 6.22. The molecule has 1 unspecified atom stereocenters. The number of carbonyl (C=O) groups is 1. The van der Waals surface area contributed by atoms with Gasteiger partial charge in [-0.3, -0.25) is 0 Å². The molecule has 2 fully saturated rings. The number of urea groups is 1. The van der Waals surface area contributed by atoms with Crippen LogP contribution in [0.3, 0.4) is 0 Å². The van der Waals surface area contributed by atoms with E-state index in [0.717, 1.165) is 12.8 Å². The molecule has 1 atom stereocenters. The second kappa shape index (κ2) is 9.19. The van der Waals surface area contributed by atoms with Gasteiger partial charge in [0.15, 0.2) is 6.61 Å². The van der Waals surface area contributed by atoms with Crippen molar-refractivity contribution in [3.63, 3.8) is 0 Å². The molecule has 0 saturated heterocycles. The van der Waals surface area contributed by atoms with E-state index >= 15 is 0 Å². The molecule has 2 N–H and O–H groups in total. The Bertz CT molecular complexity index is 687. The fourth-order valence-electron chi connectivity index (χ4n) is 4.10. The van der Waals surface area contributed by atoms with Crippen molar-refractivity contribution in [3.05, 3.63) is 23.9 Å². The van der Waals surface area contributed by atoms with E-state index in [1.54, 1.807) is 6.07 Å². The minimum Gasteiger partial charge on any atom is -0.468 e. The number of aromatic nitrogens is 1. The average Bonchev–Trinajstić information content (AvgIpc) is 2.60. The molecule has 0 bridgehead atoms. The van der Waals surface area contributed by atoms with Gasteiger partial charge in [0.05, 0.1) is 6.04 Å². The summed E-state index contributed by atoms with van der Waals surface area (Å²) >= 11 is 0. The summed E-state index contributed by atoms with van der Waals surface area (Å²) in [6.07, 6.45) is 3.25. The summed E-state index contributed by atoms with van der Waals surface area (Å²) in [5.41, 5.74) is 1.08. The summed E-state index contributed by atoms with van der Waals surface area (Å²) in [7, 11) is 0. The van der Waals surface area contributed by atoms with Crippen molar-refractivity contribution in [2.24, 2.45) is 5.41 Å². The number of nitrogens with one attached hydrogen (secondary N) is 2. The Morgan fingerprint density at radius 3 is 2.76 bits per heavy atom. The molecule has 0 radical (unpaired) electrons. The molecule has 2 aliphatic rings. The largest absolute Gasteiger partial charge is 0.468 e. The molecule has 1 aromatic heterocycles. The van der Waals surface area contributed by atoms with E-state index in [-0.39, 0.29) is 18.0 Å². The van der Waals surface area contributed by atoms with Gasteiger partial charge in [-0.1, -0.05) is 6.42 Å². The summed E-state index contributed by atoms with van der Waals surface area (Å²) in [5, 5.41) is 5.92. The Kier molecular flexibility index (Phi) is 6.87. The van der Waals surface area contributed by atoms with Gasteiger partial charge in [0, 0.05) is 31.5 Å². The first-order valence-corrected chi connectivity index (χ1v) is 10.1. The van der Waals surface area contributed by atoms with E-state index in [9.17, 15) is 18.0 Å². The Labute approximate surface area is 168 Å². The molecule has 2 amide bonds. The van der Waals surface area contributed by atoms with Gasteiger partial charge in [-0.2, -0.15) is 13.2 Å². The molecule has 2 aliphatic carbocycles. The number of rotatable bonds is 9. The first kappa shape index (κ1) is 21.7. The van der Waals surface area contributed by atoms with Crippen LogP contribution in [-0.4, -0.2) is 43.1 Å². The summed E-state index contributed by atoms with van der Waals surface area (Å²) in [6.45, 7) is 1.41. The van der Waals surface area contributed by atoms with E-state index in [4.69, 9.17) is 9.47 Å². The van der Waals surface area contributed by atoms with Crippen molar-refractivity contribution >= 4 is 6.03 Å². The molecular weight excluding hydrogens is 387 g/mol. The maximum Gasteiger partial charge on any atom is 0.422 e. The molecule has 29 heavy (non-hydrogen) atoms. The molecule has 0 aromatic carbocycles. The highest BCUT2D eigenvalue weighted by Gasteiger charge is 2.48. The topological polar surface area (TPSA) is 72.5 Å². The third-order valence-electron chi connectivity index (χ3n) is 5.71. The number of amides is 2. The summed E-state index contributed by atoms with van der Waals surface area (Å²) in [6, 6.07) is 2.57. The van der Waals surface area contributed by atoms with Gasteiger partial charge in [-0.15, -0.1) is 0 Å². The highest BCUT2D eigenvalue weighted by Crippen LogP contribution is 2.55. The van der Waals surface area contributed by atoms with E-state index in [1.165, 1.54) is 31.5 Å². The predicted molar refractivity (Wildman–Crippen MR) is 101 cm³/mol. The lowest BCUT2D eigenvalue weighted by Crippen LogP contribution is -2.55. The number of hydrogen-bond acceptors (Lipinski definition) is 4. The number of nitrogens with zero attached hydrogens (tertiary/aromatic N) is 1. The van der Waals surface area contributed by atoms with Crippen LogP contribution >= 0.6 is 0 Å². The smallest absolute Gasteiger partial charge is 0.422 e. The number of pyridine rings is 1. The maximum atomic E-state index is 12.5. The van der Waals surface area contributed by atoms with E-state index in [2.05, 4.69) is 15.6 Å². The normalized spacial score (nSPS) is 19.2. The second-order valence-electron chi connectivity index (χ2n) is 7.95. The maximum absolute atomic E-state index is 12.5. The van der Waals surface area contributed by atoms with Gasteiger partial charge in [0.2, 0.25) is 5.88 Å². The van der Waals surface area contributed by atoms with Crippen molar-refractivity contribution in [2.45, 2.75) is 63.7 Å². The van der Waals surface area contributed by atoms with Gasteiger partial charge in [-0.25, -0.2) is 9.78 Å². The quantitative estimate of drug-likeness (QED) is 0.595. The summed E-state index contributed by atoms with van der Waals surface area (Å²) in [5.74, 6) is -0.130. The SMILES string of the molecule is CCOCCC(NC(=O)NC1CC2(CCC2)C1)c1ccnc(OCC(F)(F)F)c1. The number of ether oxygens (including phenoxy) is 2. The van der Waals surface area contributed by atoms with Crippen LogP contribution in [0.1, 0.15) is 57.1 Å². The van der Waals surface area contributed by atoms with Crippen molar-refractivity contribution in [3.8, 4) is 5.88 Å². The zero-order valence-corrected chi connectivity index (χ0v) is 16.6. The fourth-order valence-corrected chi connectivity index (χ4v) is 4.10.